The number of esters is 1. The van der Waals surface area contributed by atoms with Crippen LogP contribution in [0.2, 0.25) is 0 Å². The third kappa shape index (κ3) is 11.7. The molecule has 368 valence electrons. The fraction of sp³-hybridized carbons (Fsp3) is 0.306. The lowest BCUT2D eigenvalue weighted by atomic mass is 9.98. The molecule has 21 heteroatoms. The van der Waals surface area contributed by atoms with Crippen molar-refractivity contribution in [3.8, 4) is 39.8 Å². The van der Waals surface area contributed by atoms with Gasteiger partial charge in [-0.1, -0.05) is 54.6 Å². The molecular formula is C49H54N8O11S2. The van der Waals surface area contributed by atoms with Crippen LogP contribution in [-0.2, 0) is 49.0 Å². The second-order valence-corrected chi connectivity index (χ2v) is 21.0. The van der Waals surface area contributed by atoms with E-state index in [0.29, 0.717) is 39.5 Å². The number of imidazole rings is 1. The van der Waals surface area contributed by atoms with E-state index in [2.05, 4.69) is 25.6 Å². The molecular weight excluding hydrogens is 941 g/mol. The Morgan fingerprint density at radius 1 is 0.771 bits per heavy atom. The van der Waals surface area contributed by atoms with Crippen molar-refractivity contribution < 1.29 is 50.1 Å². The van der Waals surface area contributed by atoms with Gasteiger partial charge in [0.1, 0.15) is 27.7 Å². The molecule has 0 aliphatic heterocycles. The average Bonchev–Trinajstić information content (AvgIpc) is 3.98. The van der Waals surface area contributed by atoms with Gasteiger partial charge in [0.25, 0.3) is 0 Å². The number of hydrogen-bond acceptors (Lipinski definition) is 15. The molecule has 2 aromatic heterocycles. The predicted octanol–water partition coefficient (Wildman–Crippen LogP) is 7.21. The van der Waals surface area contributed by atoms with Gasteiger partial charge in [0.2, 0.25) is 21.7 Å². The van der Waals surface area contributed by atoms with Crippen molar-refractivity contribution in [1.29, 1.82) is 0 Å². The minimum absolute atomic E-state index is 0.0807. The predicted molar refractivity (Wildman–Crippen MR) is 260 cm³/mol. The number of methoxy groups -OCH3 is 3. The highest BCUT2D eigenvalue weighted by Crippen LogP contribution is 2.43. The largest absolute Gasteiger partial charge is 0.497 e. The Kier molecular flexibility index (Phi) is 15.2. The highest BCUT2D eigenvalue weighted by Gasteiger charge is 2.39. The fourth-order valence-corrected chi connectivity index (χ4v) is 11.5. The molecule has 1 atom stereocenters. The molecule has 0 radical (unpaired) electrons. The van der Waals surface area contributed by atoms with Gasteiger partial charge in [-0.25, -0.2) is 31.4 Å². The molecule has 0 aliphatic carbocycles. The number of para-hydroxylation sites is 1. The van der Waals surface area contributed by atoms with Gasteiger partial charge in [-0.15, -0.1) is 10.2 Å². The normalized spacial score (nSPS) is 12.4. The van der Waals surface area contributed by atoms with Crippen molar-refractivity contribution in [2.75, 3.05) is 33.7 Å². The zero-order valence-corrected chi connectivity index (χ0v) is 41.6. The maximum Gasteiger partial charge on any atom is 0.407 e. The number of tetrazole rings is 1. The summed E-state index contributed by atoms with van der Waals surface area (Å²) in [5.41, 5.74) is 1.80. The summed E-state index contributed by atoms with van der Waals surface area (Å²) in [5.74, 6) is -0.137. The lowest BCUT2D eigenvalue weighted by Crippen LogP contribution is -2.41. The third-order valence-electron chi connectivity index (χ3n) is 10.8. The number of ether oxygens (including phenoxy) is 5. The van der Waals surface area contributed by atoms with Crippen LogP contribution in [0.25, 0.3) is 33.5 Å². The number of benzene rings is 5. The second-order valence-electron chi connectivity index (χ2n) is 17.1. The maximum absolute atomic E-state index is 16.2. The van der Waals surface area contributed by atoms with E-state index in [9.17, 15) is 9.59 Å². The summed E-state index contributed by atoms with van der Waals surface area (Å²) >= 11 is 0. The van der Waals surface area contributed by atoms with Crippen LogP contribution < -0.4 is 19.5 Å². The topological polar surface area (TPSA) is 236 Å². The molecule has 7 aromatic rings. The first-order chi connectivity index (χ1) is 33.3. The van der Waals surface area contributed by atoms with Crippen molar-refractivity contribution >= 4 is 43.0 Å². The number of alkyl carbamates (subject to hydrolysis) is 1. The fourth-order valence-electron chi connectivity index (χ4n) is 7.55. The molecule has 1 amide bonds. The minimum Gasteiger partial charge on any atom is -0.497 e. The van der Waals surface area contributed by atoms with E-state index in [1.807, 2.05) is 0 Å². The molecule has 2 N–H and O–H groups in total. The molecule has 0 aliphatic rings. The van der Waals surface area contributed by atoms with E-state index < -0.39 is 59.1 Å². The number of nitrogens with zero attached hydrogens (tertiary/aromatic N) is 6. The Hall–Kier alpha value is -7.36. The van der Waals surface area contributed by atoms with Crippen LogP contribution in [0.5, 0.6) is 17.2 Å². The van der Waals surface area contributed by atoms with Crippen LogP contribution >= 0.6 is 0 Å². The van der Waals surface area contributed by atoms with Crippen LogP contribution in [0.1, 0.15) is 61.9 Å². The van der Waals surface area contributed by atoms with Crippen molar-refractivity contribution in [1.82, 2.24) is 39.8 Å². The van der Waals surface area contributed by atoms with E-state index in [0.717, 1.165) is 9.87 Å². The van der Waals surface area contributed by atoms with E-state index in [1.165, 1.54) is 38.1 Å². The summed E-state index contributed by atoms with van der Waals surface area (Å²) in [6.45, 7) is 7.81. The summed E-state index contributed by atoms with van der Waals surface area (Å²) in [6, 6.07) is 27.3. The van der Waals surface area contributed by atoms with Gasteiger partial charge in [0.05, 0.1) is 61.7 Å². The van der Waals surface area contributed by atoms with Crippen LogP contribution in [-0.4, -0.2) is 109 Å². The first-order valence-electron chi connectivity index (χ1n) is 22.0. The van der Waals surface area contributed by atoms with Crippen LogP contribution in [0.3, 0.4) is 0 Å². The molecule has 0 saturated heterocycles. The molecule has 0 fully saturated rings. The molecule has 70 heavy (non-hydrogen) atoms. The molecule has 0 unspecified atom stereocenters. The number of aromatic amines is 1. The van der Waals surface area contributed by atoms with E-state index in [-0.39, 0.29) is 54.5 Å². The number of amides is 1. The number of aromatic nitrogens is 6. The maximum atomic E-state index is 16.2. The summed E-state index contributed by atoms with van der Waals surface area (Å²) < 4.78 is 90.5. The average molecular weight is 995 g/mol. The van der Waals surface area contributed by atoms with Gasteiger partial charge in [0, 0.05) is 24.7 Å². The SMILES string of the molecule is CCOC(=O)c1nc2c(-c3ccc(S(=O)(=O)C[C@@H](C)NC(=O)OC(C)(C)C)c(S(=O)(=O)N(Cc4ccc(OC)cc4)Cc4ccc(OC)cc4)c3-c3nnn(Cc4ccc(OC)cc4)n3)cccc2[nH]1. The first-order valence-corrected chi connectivity index (χ1v) is 25.1. The molecule has 0 spiro atoms. The minimum atomic E-state index is -5.01. The summed E-state index contributed by atoms with van der Waals surface area (Å²) in [5, 5.41) is 16.0. The van der Waals surface area contributed by atoms with Gasteiger partial charge in [-0.2, -0.15) is 9.10 Å². The van der Waals surface area contributed by atoms with E-state index in [4.69, 9.17) is 28.8 Å². The highest BCUT2D eigenvalue weighted by atomic mass is 32.2. The zero-order chi connectivity index (χ0) is 50.4. The Morgan fingerprint density at radius 2 is 1.34 bits per heavy atom. The lowest BCUT2D eigenvalue weighted by Gasteiger charge is -2.27. The van der Waals surface area contributed by atoms with Crippen molar-refractivity contribution in [2.45, 2.75) is 75.7 Å². The Morgan fingerprint density at radius 3 is 1.89 bits per heavy atom. The van der Waals surface area contributed by atoms with Gasteiger partial charge >= 0.3 is 12.1 Å². The number of carbonyl (C=O) groups is 2. The molecule has 0 saturated carbocycles. The van der Waals surface area contributed by atoms with E-state index >= 15 is 16.8 Å². The standard InChI is InChI=1S/C49H54N8O11S2/c1-9-67-47(58)46-51-40-12-10-11-39(43(40)52-46)38-25-26-41(69(60,61)30-31(2)50-48(59)68-49(3,4)5)44(42(38)45-53-55-57(54-45)29-34-17-23-37(66-8)24-18-34)70(62,63)56(27-32-13-19-35(64-6)20-14-32)28-33-15-21-36(65-7)22-16-33/h10-26,31H,9,27-30H2,1-8H3,(H,50,59)(H,51,52)/t31-/m1/s1. The number of H-pyrrole nitrogens is 1. The van der Waals surface area contributed by atoms with Crippen molar-refractivity contribution in [3.63, 3.8) is 0 Å². The summed E-state index contributed by atoms with van der Waals surface area (Å²) in [4.78, 5) is 33.5. The summed E-state index contributed by atoms with van der Waals surface area (Å²) in [7, 11) is -5.12. The number of sulfonamides is 1. The number of rotatable bonds is 19. The number of sulfone groups is 1. The van der Waals surface area contributed by atoms with Crippen molar-refractivity contribution in [2.24, 2.45) is 0 Å². The van der Waals surface area contributed by atoms with Gasteiger partial charge in [0.15, 0.2) is 9.84 Å². The highest BCUT2D eigenvalue weighted by molar-refractivity contribution is 7.93. The molecule has 7 rings (SSSR count). The van der Waals surface area contributed by atoms with Crippen LogP contribution in [0.4, 0.5) is 4.79 Å². The Labute approximate surface area is 406 Å². The number of carbonyl (C=O) groups excluding carboxylic acids is 2. The van der Waals surface area contributed by atoms with E-state index in [1.54, 1.807) is 126 Å². The lowest BCUT2D eigenvalue weighted by molar-refractivity contribution is 0.0503. The molecule has 5 aromatic carbocycles. The molecule has 19 nitrogen and oxygen atoms in total. The molecule has 2 heterocycles. The Bertz CT molecular complexity index is 3160. The Balaban J connectivity index is 1.51. The smallest absolute Gasteiger partial charge is 0.407 e. The third-order valence-corrected chi connectivity index (χ3v) is 14.7. The first kappa shape index (κ1) is 50.5. The quantitative estimate of drug-likeness (QED) is 0.0762. The number of fused-ring (bicyclic) bond motifs is 1. The number of nitrogens with one attached hydrogen (secondary N) is 2. The van der Waals surface area contributed by atoms with Gasteiger partial charge in [-0.3, -0.25) is 0 Å². The monoisotopic (exact) mass is 994 g/mol. The van der Waals surface area contributed by atoms with Crippen LogP contribution in [0.15, 0.2) is 113 Å². The van der Waals surface area contributed by atoms with Gasteiger partial charge < -0.3 is 34.0 Å². The molecule has 0 bridgehead atoms. The van der Waals surface area contributed by atoms with Gasteiger partial charge in [-0.05, 0) is 111 Å². The van der Waals surface area contributed by atoms with Crippen LogP contribution in [0, 0.1) is 0 Å². The number of hydrogen-bond donors (Lipinski definition) is 2. The zero-order valence-electron chi connectivity index (χ0n) is 39.9. The van der Waals surface area contributed by atoms with Crippen molar-refractivity contribution in [3.05, 3.63) is 126 Å². The summed E-state index contributed by atoms with van der Waals surface area (Å²) in [6.07, 6.45) is -0.865. The second kappa shape index (κ2) is 21.1.